The number of aryl methyl sites for hydroxylation is 3. The Morgan fingerprint density at radius 1 is 0.935 bits per heavy atom. The Bertz CT molecular complexity index is 880. The standard InChI is InChI=1S/C26H36N2O2S/c1-18-8-10-22(11-9-18)15-28(21(4)25(30)27-26(5,6)7)24(29)17-31-16-23-13-19(2)12-20(3)14-23/h8-14,21H,15-17H2,1-7H3,(H,27,30)/t21-/m1/s1. The highest BCUT2D eigenvalue weighted by Crippen LogP contribution is 2.18. The number of hydrogen-bond donors (Lipinski definition) is 1. The van der Waals surface area contributed by atoms with Crippen molar-refractivity contribution in [2.45, 2.75) is 72.3 Å². The number of nitrogens with one attached hydrogen (secondary N) is 1. The zero-order chi connectivity index (χ0) is 23.2. The van der Waals surface area contributed by atoms with E-state index >= 15 is 0 Å². The summed E-state index contributed by atoms with van der Waals surface area (Å²) in [6.07, 6.45) is 0. The summed E-state index contributed by atoms with van der Waals surface area (Å²) in [7, 11) is 0. The first kappa shape index (κ1) is 25.0. The number of nitrogens with zero attached hydrogens (tertiary/aromatic N) is 1. The van der Waals surface area contributed by atoms with Crippen LogP contribution in [-0.4, -0.2) is 34.0 Å². The maximum atomic E-state index is 13.2. The van der Waals surface area contributed by atoms with E-state index in [1.165, 1.54) is 22.3 Å². The molecular weight excluding hydrogens is 404 g/mol. The van der Waals surface area contributed by atoms with Crippen LogP contribution < -0.4 is 5.32 Å². The lowest BCUT2D eigenvalue weighted by Gasteiger charge is -2.31. The molecule has 1 atom stereocenters. The van der Waals surface area contributed by atoms with Gasteiger partial charge in [0.1, 0.15) is 6.04 Å². The quantitative estimate of drug-likeness (QED) is 0.615. The first-order chi connectivity index (χ1) is 14.4. The Morgan fingerprint density at radius 3 is 2.06 bits per heavy atom. The molecule has 4 nitrogen and oxygen atoms in total. The molecule has 0 heterocycles. The Kier molecular flexibility index (Phi) is 8.75. The van der Waals surface area contributed by atoms with Crippen LogP contribution in [0.4, 0.5) is 0 Å². The monoisotopic (exact) mass is 440 g/mol. The van der Waals surface area contributed by atoms with Crippen molar-refractivity contribution in [3.63, 3.8) is 0 Å². The fraction of sp³-hybridized carbons (Fsp3) is 0.462. The fourth-order valence-electron chi connectivity index (χ4n) is 3.44. The van der Waals surface area contributed by atoms with Gasteiger partial charge in [-0.05, 0) is 59.6 Å². The molecule has 5 heteroatoms. The van der Waals surface area contributed by atoms with Crippen molar-refractivity contribution in [2.24, 2.45) is 0 Å². The highest BCUT2D eigenvalue weighted by molar-refractivity contribution is 7.99. The van der Waals surface area contributed by atoms with E-state index in [0.29, 0.717) is 12.3 Å². The maximum Gasteiger partial charge on any atom is 0.242 e. The van der Waals surface area contributed by atoms with Crippen molar-refractivity contribution in [2.75, 3.05) is 5.75 Å². The van der Waals surface area contributed by atoms with Gasteiger partial charge in [-0.1, -0.05) is 59.2 Å². The minimum atomic E-state index is -0.546. The van der Waals surface area contributed by atoms with Crippen molar-refractivity contribution in [1.29, 1.82) is 0 Å². The second-order valence-corrected chi connectivity index (χ2v) is 10.4. The van der Waals surface area contributed by atoms with Crippen molar-refractivity contribution < 1.29 is 9.59 Å². The summed E-state index contributed by atoms with van der Waals surface area (Å²) in [6, 6.07) is 14.0. The van der Waals surface area contributed by atoms with E-state index in [0.717, 1.165) is 11.3 Å². The molecule has 2 amide bonds. The number of hydrogen-bond acceptors (Lipinski definition) is 3. The average molecular weight is 441 g/mol. The van der Waals surface area contributed by atoms with Gasteiger partial charge in [0.05, 0.1) is 5.75 Å². The summed E-state index contributed by atoms with van der Waals surface area (Å²) < 4.78 is 0. The molecule has 0 fully saturated rings. The molecule has 0 saturated heterocycles. The lowest BCUT2D eigenvalue weighted by Crippen LogP contribution is -2.52. The Hall–Kier alpha value is -2.27. The van der Waals surface area contributed by atoms with E-state index in [2.05, 4.69) is 37.4 Å². The molecule has 0 unspecified atom stereocenters. The van der Waals surface area contributed by atoms with Crippen LogP contribution >= 0.6 is 11.8 Å². The molecule has 0 aromatic heterocycles. The summed E-state index contributed by atoms with van der Waals surface area (Å²) in [5.41, 5.74) is 5.53. The van der Waals surface area contributed by atoms with Crippen LogP contribution in [0.15, 0.2) is 42.5 Å². The van der Waals surface area contributed by atoms with Crippen LogP contribution in [0.3, 0.4) is 0 Å². The number of carbonyl (C=O) groups excluding carboxylic acids is 2. The smallest absolute Gasteiger partial charge is 0.242 e. The molecule has 1 N–H and O–H groups in total. The van der Waals surface area contributed by atoms with Crippen molar-refractivity contribution >= 4 is 23.6 Å². The van der Waals surface area contributed by atoms with Crippen molar-refractivity contribution in [1.82, 2.24) is 10.2 Å². The maximum absolute atomic E-state index is 13.2. The van der Waals surface area contributed by atoms with Gasteiger partial charge in [0.25, 0.3) is 0 Å². The van der Waals surface area contributed by atoms with Crippen LogP contribution in [0.5, 0.6) is 0 Å². The molecule has 31 heavy (non-hydrogen) atoms. The molecule has 0 bridgehead atoms. The van der Waals surface area contributed by atoms with E-state index in [1.54, 1.807) is 16.7 Å². The van der Waals surface area contributed by atoms with Crippen LogP contribution in [0, 0.1) is 20.8 Å². The molecule has 0 radical (unpaired) electrons. The number of thioether (sulfide) groups is 1. The van der Waals surface area contributed by atoms with Crippen molar-refractivity contribution in [3.8, 4) is 0 Å². The number of amides is 2. The van der Waals surface area contributed by atoms with E-state index in [1.807, 2.05) is 58.9 Å². The summed E-state index contributed by atoms with van der Waals surface area (Å²) >= 11 is 1.59. The fourth-order valence-corrected chi connectivity index (χ4v) is 4.28. The van der Waals surface area contributed by atoms with Gasteiger partial charge in [0, 0.05) is 17.8 Å². The van der Waals surface area contributed by atoms with Gasteiger partial charge in [-0.25, -0.2) is 0 Å². The summed E-state index contributed by atoms with van der Waals surface area (Å²) in [5, 5.41) is 3.00. The van der Waals surface area contributed by atoms with Gasteiger partial charge in [-0.2, -0.15) is 0 Å². The molecule has 2 aromatic carbocycles. The van der Waals surface area contributed by atoms with Gasteiger partial charge < -0.3 is 10.2 Å². The Labute approximate surface area is 191 Å². The SMILES string of the molecule is Cc1ccc(CN(C(=O)CSCc2cc(C)cc(C)c2)[C@H](C)C(=O)NC(C)(C)C)cc1. The second kappa shape index (κ2) is 10.9. The zero-order valence-electron chi connectivity index (χ0n) is 19.9. The molecule has 2 aromatic rings. The lowest BCUT2D eigenvalue weighted by molar-refractivity contribution is -0.139. The van der Waals surface area contributed by atoms with Gasteiger partial charge >= 0.3 is 0 Å². The first-order valence-electron chi connectivity index (χ1n) is 10.8. The Morgan fingerprint density at radius 2 is 1.52 bits per heavy atom. The molecule has 0 aliphatic rings. The molecule has 0 spiro atoms. The number of rotatable bonds is 8. The van der Waals surface area contributed by atoms with Crippen molar-refractivity contribution in [3.05, 3.63) is 70.3 Å². The lowest BCUT2D eigenvalue weighted by atomic mass is 10.1. The molecule has 0 aliphatic carbocycles. The second-order valence-electron chi connectivity index (χ2n) is 9.41. The van der Waals surface area contributed by atoms with E-state index in [-0.39, 0.29) is 17.4 Å². The highest BCUT2D eigenvalue weighted by Gasteiger charge is 2.28. The summed E-state index contributed by atoms with van der Waals surface area (Å²) in [5.74, 6) is 0.958. The molecular formula is C26H36N2O2S. The van der Waals surface area contributed by atoms with E-state index < -0.39 is 6.04 Å². The van der Waals surface area contributed by atoms with Gasteiger partial charge in [-0.15, -0.1) is 11.8 Å². The minimum Gasteiger partial charge on any atom is -0.350 e. The predicted octanol–water partition coefficient (Wildman–Crippen LogP) is 5.18. The van der Waals surface area contributed by atoms with Gasteiger partial charge in [0.15, 0.2) is 0 Å². The van der Waals surface area contributed by atoms with Gasteiger partial charge in [-0.3, -0.25) is 9.59 Å². The molecule has 168 valence electrons. The predicted molar refractivity (Wildman–Crippen MR) is 131 cm³/mol. The van der Waals surface area contributed by atoms with Gasteiger partial charge in [0.2, 0.25) is 11.8 Å². The molecule has 0 saturated carbocycles. The average Bonchev–Trinajstić information content (AvgIpc) is 2.64. The third-order valence-electron chi connectivity index (χ3n) is 4.91. The normalized spacial score (nSPS) is 12.4. The Balaban J connectivity index is 2.10. The minimum absolute atomic E-state index is 0.0218. The zero-order valence-corrected chi connectivity index (χ0v) is 20.7. The molecule has 2 rings (SSSR count). The van der Waals surface area contributed by atoms with Crippen LogP contribution in [0.25, 0.3) is 0 Å². The molecule has 0 aliphatic heterocycles. The number of benzene rings is 2. The van der Waals surface area contributed by atoms with E-state index in [4.69, 9.17) is 0 Å². The summed E-state index contributed by atoms with van der Waals surface area (Å²) in [6.45, 7) is 14.3. The largest absolute Gasteiger partial charge is 0.350 e. The third kappa shape index (κ3) is 8.41. The third-order valence-corrected chi connectivity index (χ3v) is 5.90. The van der Waals surface area contributed by atoms with Crippen LogP contribution in [0.2, 0.25) is 0 Å². The van der Waals surface area contributed by atoms with E-state index in [9.17, 15) is 9.59 Å². The topological polar surface area (TPSA) is 49.4 Å². The van der Waals surface area contributed by atoms with Crippen LogP contribution in [-0.2, 0) is 21.9 Å². The first-order valence-corrected chi connectivity index (χ1v) is 11.9. The van der Waals surface area contributed by atoms with Crippen LogP contribution in [0.1, 0.15) is 55.5 Å². The summed E-state index contributed by atoms with van der Waals surface area (Å²) in [4.78, 5) is 27.7. The highest BCUT2D eigenvalue weighted by atomic mass is 32.2. The number of carbonyl (C=O) groups is 2.